The number of likely N-dealkylation sites (N-methyl/N-ethyl adjacent to an activating group) is 1. The average molecular weight is 522 g/mol. The van der Waals surface area contributed by atoms with Crippen LogP contribution in [0.1, 0.15) is 30.9 Å². The summed E-state index contributed by atoms with van der Waals surface area (Å²) >= 11 is 0. The predicted molar refractivity (Wildman–Crippen MR) is 144 cm³/mol. The number of nitrogens with zero attached hydrogens (tertiary/aromatic N) is 3. The standard InChI is InChI=1S/C29H33F2N5O2/c1-17-12-19-6-4-8-21(22(19)13-17)23-15-26-24(14-25(23)31)27(32-9-10-33-28(37)18(2)30)35-29(34-26)38-16-20-7-5-11-36(20)3/h4,6,8,14-15,17,20H,2,5,7,9-13,16H2,1,3H3,(H,33,37)(H,32,34,35)/t17?,20-/m0/s1. The van der Waals surface area contributed by atoms with Crippen molar-refractivity contribution in [2.24, 2.45) is 5.92 Å². The molecule has 9 heteroatoms. The first kappa shape index (κ1) is 26.0. The van der Waals surface area contributed by atoms with Crippen molar-refractivity contribution in [2.45, 2.75) is 38.6 Å². The Balaban J connectivity index is 1.47. The number of nitrogens with one attached hydrogen (secondary N) is 2. The number of rotatable bonds is 9. The zero-order valence-electron chi connectivity index (χ0n) is 21.8. The molecule has 2 aromatic carbocycles. The highest BCUT2D eigenvalue weighted by atomic mass is 19.1. The summed E-state index contributed by atoms with van der Waals surface area (Å²) in [5, 5.41) is 6.04. The van der Waals surface area contributed by atoms with Crippen LogP contribution in [0.3, 0.4) is 0 Å². The number of halogens is 2. The molecular formula is C29H33F2N5O2. The van der Waals surface area contributed by atoms with Crippen molar-refractivity contribution in [1.82, 2.24) is 20.2 Å². The molecular weight excluding hydrogens is 488 g/mol. The molecule has 1 unspecified atom stereocenters. The van der Waals surface area contributed by atoms with Crippen molar-refractivity contribution in [3.63, 3.8) is 0 Å². The van der Waals surface area contributed by atoms with E-state index in [-0.39, 0.29) is 31.0 Å². The summed E-state index contributed by atoms with van der Waals surface area (Å²) in [4.78, 5) is 22.9. The Bertz CT molecular complexity index is 1380. The Morgan fingerprint density at radius 1 is 1.21 bits per heavy atom. The maximum Gasteiger partial charge on any atom is 0.318 e. The topological polar surface area (TPSA) is 79.4 Å². The first-order valence-electron chi connectivity index (χ1n) is 13.1. The van der Waals surface area contributed by atoms with Gasteiger partial charge in [-0.15, -0.1) is 0 Å². The van der Waals surface area contributed by atoms with Gasteiger partial charge in [0, 0.05) is 30.1 Å². The number of hydrogen-bond acceptors (Lipinski definition) is 6. The maximum absolute atomic E-state index is 15.6. The first-order chi connectivity index (χ1) is 18.3. The molecule has 0 spiro atoms. The molecule has 5 rings (SSSR count). The van der Waals surface area contributed by atoms with Crippen molar-refractivity contribution in [3.8, 4) is 17.1 Å². The van der Waals surface area contributed by atoms with Crippen molar-refractivity contribution in [1.29, 1.82) is 0 Å². The minimum Gasteiger partial charge on any atom is -0.462 e. The number of hydrogen-bond donors (Lipinski definition) is 2. The monoisotopic (exact) mass is 521 g/mol. The molecule has 1 fully saturated rings. The van der Waals surface area contributed by atoms with Gasteiger partial charge in [-0.25, -0.2) is 8.78 Å². The SMILES string of the molecule is C=C(F)C(=O)NCCNc1nc(OC[C@@H]2CCCN2C)nc2cc(-c3cccc4c3CC(C)C4)c(F)cc12. The zero-order valence-corrected chi connectivity index (χ0v) is 21.8. The quantitative estimate of drug-likeness (QED) is 0.315. The van der Waals surface area contributed by atoms with Crippen LogP contribution in [0.15, 0.2) is 42.7 Å². The van der Waals surface area contributed by atoms with E-state index in [2.05, 4.69) is 52.1 Å². The van der Waals surface area contributed by atoms with Crippen LogP contribution in [0, 0.1) is 11.7 Å². The van der Waals surface area contributed by atoms with E-state index < -0.39 is 11.7 Å². The fourth-order valence-electron chi connectivity index (χ4n) is 5.46. The first-order valence-corrected chi connectivity index (χ1v) is 13.1. The lowest BCUT2D eigenvalue weighted by Crippen LogP contribution is -2.31. The van der Waals surface area contributed by atoms with E-state index in [9.17, 15) is 9.18 Å². The Morgan fingerprint density at radius 2 is 2.05 bits per heavy atom. The molecule has 2 N–H and O–H groups in total. The second kappa shape index (κ2) is 11.0. The van der Waals surface area contributed by atoms with E-state index in [1.807, 2.05) is 12.1 Å². The Morgan fingerprint density at radius 3 is 2.82 bits per heavy atom. The molecule has 3 aromatic rings. The number of fused-ring (bicyclic) bond motifs is 2. The number of carbonyl (C=O) groups is 1. The molecule has 7 nitrogen and oxygen atoms in total. The highest BCUT2D eigenvalue weighted by Crippen LogP contribution is 2.38. The van der Waals surface area contributed by atoms with E-state index in [1.54, 1.807) is 6.07 Å². The predicted octanol–water partition coefficient (Wildman–Crippen LogP) is 4.65. The number of ether oxygens (including phenoxy) is 1. The average Bonchev–Trinajstić information content (AvgIpc) is 3.48. The number of amides is 1. The smallest absolute Gasteiger partial charge is 0.318 e. The van der Waals surface area contributed by atoms with Gasteiger partial charge in [0.15, 0.2) is 5.83 Å². The van der Waals surface area contributed by atoms with Crippen LogP contribution < -0.4 is 15.4 Å². The number of carbonyl (C=O) groups excluding carboxylic acids is 1. The van der Waals surface area contributed by atoms with Crippen LogP contribution in [0.5, 0.6) is 6.01 Å². The van der Waals surface area contributed by atoms with E-state index >= 15 is 4.39 Å². The molecule has 1 aliphatic carbocycles. The van der Waals surface area contributed by atoms with Crippen LogP contribution in [-0.4, -0.2) is 60.1 Å². The van der Waals surface area contributed by atoms with Gasteiger partial charge in [0.1, 0.15) is 18.2 Å². The Kier molecular flexibility index (Phi) is 7.56. The third kappa shape index (κ3) is 5.48. The highest BCUT2D eigenvalue weighted by Gasteiger charge is 2.24. The largest absolute Gasteiger partial charge is 0.462 e. The van der Waals surface area contributed by atoms with Gasteiger partial charge in [0.2, 0.25) is 0 Å². The van der Waals surface area contributed by atoms with Gasteiger partial charge in [-0.05, 0) is 74.0 Å². The van der Waals surface area contributed by atoms with Crippen LogP contribution in [0.2, 0.25) is 0 Å². The van der Waals surface area contributed by atoms with E-state index in [4.69, 9.17) is 4.74 Å². The fraction of sp³-hybridized carbons (Fsp3) is 0.414. The summed E-state index contributed by atoms with van der Waals surface area (Å²) in [5.74, 6) is -1.38. The Hall–Kier alpha value is -3.59. The lowest BCUT2D eigenvalue weighted by Gasteiger charge is -2.19. The van der Waals surface area contributed by atoms with Crippen LogP contribution in [0.25, 0.3) is 22.0 Å². The van der Waals surface area contributed by atoms with E-state index in [0.29, 0.717) is 34.8 Å². The molecule has 2 heterocycles. The molecule has 0 saturated carbocycles. The van der Waals surface area contributed by atoms with Gasteiger partial charge < -0.3 is 20.3 Å². The molecule has 1 amide bonds. The van der Waals surface area contributed by atoms with Gasteiger partial charge in [0.25, 0.3) is 5.91 Å². The van der Waals surface area contributed by atoms with Gasteiger partial charge in [-0.3, -0.25) is 4.79 Å². The molecule has 2 atom stereocenters. The van der Waals surface area contributed by atoms with Gasteiger partial charge in [-0.2, -0.15) is 9.97 Å². The normalized spacial score (nSPS) is 18.9. The molecule has 1 saturated heterocycles. The fourth-order valence-corrected chi connectivity index (χ4v) is 5.46. The highest BCUT2D eigenvalue weighted by molar-refractivity contribution is 5.93. The lowest BCUT2D eigenvalue weighted by molar-refractivity contribution is -0.118. The van der Waals surface area contributed by atoms with E-state index in [1.165, 1.54) is 17.2 Å². The third-order valence-electron chi connectivity index (χ3n) is 7.47. The molecule has 2 aliphatic rings. The van der Waals surface area contributed by atoms with Crippen molar-refractivity contribution < 1.29 is 18.3 Å². The summed E-state index contributed by atoms with van der Waals surface area (Å²) < 4.78 is 34.6. The molecule has 1 aliphatic heterocycles. The van der Waals surface area contributed by atoms with Crippen molar-refractivity contribution in [3.05, 3.63) is 59.7 Å². The number of likely N-dealkylation sites (tertiary alicyclic amines) is 1. The summed E-state index contributed by atoms with van der Waals surface area (Å²) in [5.41, 5.74) is 4.41. The summed E-state index contributed by atoms with van der Waals surface area (Å²) in [6.07, 6.45) is 4.07. The lowest BCUT2D eigenvalue weighted by atomic mass is 9.95. The Labute approximate surface area is 221 Å². The summed E-state index contributed by atoms with van der Waals surface area (Å²) in [7, 11) is 2.07. The minimum atomic E-state index is -1.05. The van der Waals surface area contributed by atoms with Gasteiger partial charge in [0.05, 0.1) is 5.52 Å². The van der Waals surface area contributed by atoms with Crippen molar-refractivity contribution >= 4 is 22.6 Å². The zero-order chi connectivity index (χ0) is 26.8. The maximum atomic E-state index is 15.6. The summed E-state index contributed by atoms with van der Waals surface area (Å²) in [6.45, 7) is 7.05. The van der Waals surface area contributed by atoms with Crippen LogP contribution >= 0.6 is 0 Å². The number of anilines is 1. The van der Waals surface area contributed by atoms with Gasteiger partial charge in [-0.1, -0.05) is 31.7 Å². The molecule has 1 aromatic heterocycles. The number of benzene rings is 2. The van der Waals surface area contributed by atoms with Crippen LogP contribution in [0.4, 0.5) is 14.6 Å². The molecule has 38 heavy (non-hydrogen) atoms. The van der Waals surface area contributed by atoms with Crippen LogP contribution in [-0.2, 0) is 17.6 Å². The molecule has 0 radical (unpaired) electrons. The summed E-state index contributed by atoms with van der Waals surface area (Å²) in [6, 6.07) is 9.76. The molecule has 200 valence electrons. The van der Waals surface area contributed by atoms with E-state index in [0.717, 1.165) is 37.8 Å². The number of aromatic nitrogens is 2. The second-order valence-electron chi connectivity index (χ2n) is 10.3. The molecule has 0 bridgehead atoms. The third-order valence-corrected chi connectivity index (χ3v) is 7.47. The van der Waals surface area contributed by atoms with Gasteiger partial charge >= 0.3 is 6.01 Å². The minimum absolute atomic E-state index is 0.130. The van der Waals surface area contributed by atoms with Crippen molar-refractivity contribution in [2.75, 3.05) is 38.6 Å². The second-order valence-corrected chi connectivity index (χ2v) is 10.3.